The number of amides is 1. The van der Waals surface area contributed by atoms with Gasteiger partial charge in [-0.3, -0.25) is 4.90 Å². The summed E-state index contributed by atoms with van der Waals surface area (Å²) >= 11 is 0. The zero-order chi connectivity index (χ0) is 18.3. The quantitative estimate of drug-likeness (QED) is 0.895. The van der Waals surface area contributed by atoms with Crippen LogP contribution in [0.15, 0.2) is 24.3 Å². The maximum atomic E-state index is 12.7. The number of hydrogen-bond donors (Lipinski definition) is 1. The number of rotatable bonds is 2. The summed E-state index contributed by atoms with van der Waals surface area (Å²) in [7, 11) is 0. The van der Waals surface area contributed by atoms with Crippen molar-refractivity contribution in [3.8, 4) is 0 Å². The molecule has 1 aromatic carbocycles. The Morgan fingerprint density at radius 3 is 2.21 bits per heavy atom. The molecule has 0 aliphatic carbocycles. The lowest BCUT2D eigenvalue weighted by Crippen LogP contribution is -2.47. The van der Waals surface area contributed by atoms with E-state index in [-0.39, 0.29) is 0 Å². The monoisotopic (exact) mass is 335 g/mol. The highest BCUT2D eigenvalue weighted by Crippen LogP contribution is 2.42. The minimum Gasteiger partial charge on any atom is -0.479 e. The van der Waals surface area contributed by atoms with Gasteiger partial charge < -0.3 is 14.6 Å². The molecule has 2 atom stereocenters. The highest BCUT2D eigenvalue weighted by atomic mass is 16.6. The van der Waals surface area contributed by atoms with E-state index in [1.807, 2.05) is 31.2 Å². The van der Waals surface area contributed by atoms with Gasteiger partial charge in [-0.05, 0) is 47.1 Å². The van der Waals surface area contributed by atoms with Gasteiger partial charge in [0.25, 0.3) is 0 Å². The molecule has 132 valence electrons. The molecule has 6 heteroatoms. The van der Waals surface area contributed by atoms with Gasteiger partial charge in [-0.1, -0.05) is 29.8 Å². The zero-order valence-electron chi connectivity index (χ0n) is 15.0. The van der Waals surface area contributed by atoms with Crippen molar-refractivity contribution in [2.24, 2.45) is 0 Å². The van der Waals surface area contributed by atoms with E-state index >= 15 is 0 Å². The van der Waals surface area contributed by atoms with Crippen molar-refractivity contribution in [1.82, 2.24) is 4.90 Å². The second kappa shape index (κ2) is 6.09. The van der Waals surface area contributed by atoms with E-state index in [0.29, 0.717) is 5.56 Å². The molecule has 0 unspecified atom stereocenters. The van der Waals surface area contributed by atoms with Gasteiger partial charge in [0.2, 0.25) is 0 Å². The molecule has 1 heterocycles. The number of aryl methyl sites for hydroxylation is 1. The molecule has 1 N–H and O–H groups in total. The molecule has 0 saturated carbocycles. The van der Waals surface area contributed by atoms with Crippen molar-refractivity contribution in [1.29, 1.82) is 0 Å². The summed E-state index contributed by atoms with van der Waals surface area (Å²) in [6.45, 7) is 10.6. The summed E-state index contributed by atoms with van der Waals surface area (Å²) in [6.07, 6.45) is -1.75. The van der Waals surface area contributed by atoms with Crippen molar-refractivity contribution in [2.45, 2.75) is 65.0 Å². The van der Waals surface area contributed by atoms with Crippen LogP contribution in [-0.4, -0.2) is 39.5 Å². The summed E-state index contributed by atoms with van der Waals surface area (Å²) < 4.78 is 11.2. The molecular formula is C18H25NO5. The summed E-state index contributed by atoms with van der Waals surface area (Å²) in [6, 6.07) is 6.64. The average molecular weight is 335 g/mol. The smallest absolute Gasteiger partial charge is 0.413 e. The predicted molar refractivity (Wildman–Crippen MR) is 88.6 cm³/mol. The Hall–Kier alpha value is -2.08. The third-order valence-electron chi connectivity index (χ3n) is 3.81. The van der Waals surface area contributed by atoms with Gasteiger partial charge in [0.15, 0.2) is 6.10 Å². The van der Waals surface area contributed by atoms with Crippen molar-refractivity contribution in [3.05, 3.63) is 35.4 Å². The molecular weight excluding hydrogens is 310 g/mol. The van der Waals surface area contributed by atoms with E-state index in [1.54, 1.807) is 34.6 Å². The maximum absolute atomic E-state index is 12.7. The molecule has 24 heavy (non-hydrogen) atoms. The van der Waals surface area contributed by atoms with Crippen LogP contribution in [0.1, 0.15) is 51.8 Å². The topological polar surface area (TPSA) is 76.1 Å². The Bertz CT molecular complexity index is 630. The number of nitrogens with zero attached hydrogens (tertiary/aromatic N) is 1. The molecule has 1 saturated heterocycles. The summed E-state index contributed by atoms with van der Waals surface area (Å²) in [5, 5.41) is 9.56. The van der Waals surface area contributed by atoms with Gasteiger partial charge in [0, 0.05) is 0 Å². The van der Waals surface area contributed by atoms with Crippen molar-refractivity contribution >= 4 is 12.1 Å². The first-order valence-corrected chi connectivity index (χ1v) is 7.92. The van der Waals surface area contributed by atoms with Gasteiger partial charge in [-0.2, -0.15) is 0 Å². The van der Waals surface area contributed by atoms with Crippen LogP contribution in [0.25, 0.3) is 0 Å². The van der Waals surface area contributed by atoms with E-state index in [9.17, 15) is 14.7 Å². The second-order valence-corrected chi connectivity index (χ2v) is 7.53. The molecule has 1 fully saturated rings. The first kappa shape index (κ1) is 18.3. The standard InChI is InChI=1S/C18H25NO5/c1-11-7-9-12(10-8-11)13-14(15(20)21)23-18(5,6)19(13)16(22)24-17(2,3)4/h7-10,13-14H,1-6H3,(H,20,21)/t13-,14+/m0/s1. The fourth-order valence-corrected chi connectivity index (χ4v) is 2.82. The van der Waals surface area contributed by atoms with Crippen LogP contribution in [-0.2, 0) is 14.3 Å². The zero-order valence-corrected chi connectivity index (χ0v) is 15.0. The largest absolute Gasteiger partial charge is 0.479 e. The van der Waals surface area contributed by atoms with Crippen molar-refractivity contribution in [2.75, 3.05) is 0 Å². The summed E-state index contributed by atoms with van der Waals surface area (Å²) in [5.41, 5.74) is -0.0372. The number of carbonyl (C=O) groups excluding carboxylic acids is 1. The first-order valence-electron chi connectivity index (χ1n) is 7.92. The summed E-state index contributed by atoms with van der Waals surface area (Å²) in [4.78, 5) is 25.8. The number of hydrogen-bond acceptors (Lipinski definition) is 4. The van der Waals surface area contributed by atoms with Crippen LogP contribution < -0.4 is 0 Å². The second-order valence-electron chi connectivity index (χ2n) is 7.53. The van der Waals surface area contributed by atoms with E-state index < -0.39 is 35.5 Å². The molecule has 1 aliphatic rings. The molecule has 0 bridgehead atoms. The third-order valence-corrected chi connectivity index (χ3v) is 3.81. The van der Waals surface area contributed by atoms with Crippen LogP contribution in [0.4, 0.5) is 4.79 Å². The number of carboxylic acid groups (broad SMARTS) is 1. The SMILES string of the molecule is Cc1ccc([C@H]2[C@H](C(=O)O)OC(C)(C)N2C(=O)OC(C)(C)C)cc1. The average Bonchev–Trinajstić information content (AvgIpc) is 2.69. The fraction of sp³-hybridized carbons (Fsp3) is 0.556. The Morgan fingerprint density at radius 1 is 1.21 bits per heavy atom. The number of carboxylic acids is 1. The first-order chi connectivity index (χ1) is 10.9. The fourth-order valence-electron chi connectivity index (χ4n) is 2.82. The Balaban J connectivity index is 2.47. The molecule has 0 aromatic heterocycles. The summed E-state index contributed by atoms with van der Waals surface area (Å²) in [5.74, 6) is -1.11. The van der Waals surface area contributed by atoms with Crippen molar-refractivity contribution < 1.29 is 24.2 Å². The van der Waals surface area contributed by atoms with Gasteiger partial charge >= 0.3 is 12.1 Å². The predicted octanol–water partition coefficient (Wildman–Crippen LogP) is 3.49. The number of carbonyl (C=O) groups is 2. The lowest BCUT2D eigenvalue weighted by atomic mass is 9.99. The molecule has 0 spiro atoms. The van der Waals surface area contributed by atoms with Gasteiger partial charge in [-0.25, -0.2) is 9.59 Å². The van der Waals surface area contributed by atoms with Crippen LogP contribution in [0.3, 0.4) is 0 Å². The van der Waals surface area contributed by atoms with E-state index in [1.165, 1.54) is 4.90 Å². The van der Waals surface area contributed by atoms with Gasteiger partial charge in [0.05, 0.1) is 0 Å². The molecule has 2 rings (SSSR count). The minimum absolute atomic E-state index is 0.596. The Morgan fingerprint density at radius 2 is 1.75 bits per heavy atom. The van der Waals surface area contributed by atoms with Gasteiger partial charge in [-0.15, -0.1) is 0 Å². The lowest BCUT2D eigenvalue weighted by molar-refractivity contribution is -0.155. The third kappa shape index (κ3) is 3.70. The number of aliphatic carboxylic acids is 1. The van der Waals surface area contributed by atoms with E-state index in [2.05, 4.69) is 0 Å². The van der Waals surface area contributed by atoms with Crippen LogP contribution in [0.2, 0.25) is 0 Å². The maximum Gasteiger partial charge on any atom is 0.413 e. The number of benzene rings is 1. The molecule has 1 aliphatic heterocycles. The molecule has 1 aromatic rings. The highest BCUT2D eigenvalue weighted by molar-refractivity contribution is 5.78. The highest BCUT2D eigenvalue weighted by Gasteiger charge is 2.54. The molecule has 0 radical (unpaired) electrons. The Kier molecular flexibility index (Phi) is 4.63. The molecule has 6 nitrogen and oxygen atoms in total. The van der Waals surface area contributed by atoms with Crippen LogP contribution >= 0.6 is 0 Å². The van der Waals surface area contributed by atoms with Crippen LogP contribution in [0, 0.1) is 6.92 Å². The van der Waals surface area contributed by atoms with Gasteiger partial charge in [0.1, 0.15) is 17.4 Å². The van der Waals surface area contributed by atoms with Crippen molar-refractivity contribution in [3.63, 3.8) is 0 Å². The lowest BCUT2D eigenvalue weighted by Gasteiger charge is -2.35. The van der Waals surface area contributed by atoms with E-state index in [0.717, 1.165) is 5.56 Å². The molecule has 1 amide bonds. The minimum atomic E-state index is -1.16. The van der Waals surface area contributed by atoms with Crippen LogP contribution in [0.5, 0.6) is 0 Å². The normalized spacial score (nSPS) is 23.2. The Labute approximate surface area is 142 Å². The van der Waals surface area contributed by atoms with E-state index in [4.69, 9.17) is 9.47 Å². The number of ether oxygens (including phenoxy) is 2.